The molecular formula is C14H24O2. The number of aryl methyl sites for hydroxylation is 1. The maximum Gasteiger partial charge on any atom is 0.338 e. The predicted molar refractivity (Wildman–Crippen MR) is 69.8 cm³/mol. The van der Waals surface area contributed by atoms with Crippen molar-refractivity contribution in [1.82, 2.24) is 0 Å². The van der Waals surface area contributed by atoms with E-state index >= 15 is 0 Å². The summed E-state index contributed by atoms with van der Waals surface area (Å²) in [7, 11) is 0. The highest BCUT2D eigenvalue weighted by atomic mass is 16.5. The van der Waals surface area contributed by atoms with Gasteiger partial charge in [0.1, 0.15) is 0 Å². The Kier molecular flexibility index (Phi) is 12.6. The maximum absolute atomic E-state index is 11.2. The molecule has 1 rings (SSSR count). The summed E-state index contributed by atoms with van der Waals surface area (Å²) in [4.78, 5) is 11.2. The normalized spacial score (nSPS) is 7.88. The van der Waals surface area contributed by atoms with Crippen LogP contribution in [0.2, 0.25) is 0 Å². The first-order valence-corrected chi connectivity index (χ1v) is 5.98. The zero-order valence-corrected chi connectivity index (χ0v) is 11.3. The lowest BCUT2D eigenvalue weighted by Crippen LogP contribution is -2.05. The van der Waals surface area contributed by atoms with Crippen molar-refractivity contribution in [3.63, 3.8) is 0 Å². The molecule has 0 radical (unpaired) electrons. The van der Waals surface area contributed by atoms with Gasteiger partial charge in [0, 0.05) is 0 Å². The van der Waals surface area contributed by atoms with Crippen LogP contribution in [0.4, 0.5) is 0 Å². The van der Waals surface area contributed by atoms with Crippen molar-refractivity contribution in [2.75, 3.05) is 6.61 Å². The molecule has 0 N–H and O–H groups in total. The molecule has 0 saturated heterocycles. The fraction of sp³-hybridized carbons (Fsp3) is 0.500. The summed E-state index contributed by atoms with van der Waals surface area (Å²) in [6.07, 6.45) is 0. The first kappa shape index (κ1) is 17.1. The van der Waals surface area contributed by atoms with Gasteiger partial charge >= 0.3 is 5.97 Å². The second-order valence-electron chi connectivity index (χ2n) is 2.54. The van der Waals surface area contributed by atoms with Gasteiger partial charge < -0.3 is 4.74 Å². The molecule has 0 aliphatic rings. The third-order valence-electron chi connectivity index (χ3n) is 1.64. The van der Waals surface area contributed by atoms with Crippen LogP contribution < -0.4 is 0 Å². The van der Waals surface area contributed by atoms with Crippen LogP contribution in [-0.4, -0.2) is 12.6 Å². The highest BCUT2D eigenvalue weighted by Crippen LogP contribution is 2.07. The van der Waals surface area contributed by atoms with Gasteiger partial charge in [0.15, 0.2) is 0 Å². The number of esters is 1. The molecule has 0 spiro atoms. The Morgan fingerprint density at radius 3 is 2.06 bits per heavy atom. The highest BCUT2D eigenvalue weighted by Gasteiger charge is 2.07. The average Bonchev–Trinajstić information content (AvgIpc) is 2.35. The molecule has 0 saturated carbocycles. The van der Waals surface area contributed by atoms with Gasteiger partial charge in [-0.05, 0) is 25.5 Å². The van der Waals surface area contributed by atoms with Crippen molar-refractivity contribution in [3.8, 4) is 0 Å². The van der Waals surface area contributed by atoms with Crippen molar-refractivity contribution in [3.05, 3.63) is 35.4 Å². The summed E-state index contributed by atoms with van der Waals surface area (Å²) in [5.41, 5.74) is 1.61. The molecule has 0 unspecified atom stereocenters. The Morgan fingerprint density at radius 2 is 1.62 bits per heavy atom. The number of rotatable bonds is 2. The predicted octanol–water partition coefficient (Wildman–Crippen LogP) is 4.22. The van der Waals surface area contributed by atoms with Crippen LogP contribution in [-0.2, 0) is 4.74 Å². The summed E-state index contributed by atoms with van der Waals surface area (Å²) in [6, 6.07) is 7.40. The molecular weight excluding hydrogens is 200 g/mol. The molecule has 0 aromatic heterocycles. The van der Waals surface area contributed by atoms with Crippen molar-refractivity contribution < 1.29 is 9.53 Å². The highest BCUT2D eigenvalue weighted by molar-refractivity contribution is 5.90. The molecule has 16 heavy (non-hydrogen) atoms. The minimum atomic E-state index is -0.240. The number of hydrogen-bond acceptors (Lipinski definition) is 2. The third kappa shape index (κ3) is 6.23. The van der Waals surface area contributed by atoms with Crippen LogP contribution in [0.3, 0.4) is 0 Å². The van der Waals surface area contributed by atoms with E-state index in [0.29, 0.717) is 12.2 Å². The monoisotopic (exact) mass is 224 g/mol. The first-order chi connectivity index (χ1) is 7.75. The van der Waals surface area contributed by atoms with Crippen LogP contribution in [0.1, 0.15) is 50.5 Å². The van der Waals surface area contributed by atoms with Gasteiger partial charge in [-0.1, -0.05) is 45.9 Å². The second-order valence-corrected chi connectivity index (χ2v) is 2.54. The molecule has 2 heteroatoms. The van der Waals surface area contributed by atoms with E-state index in [9.17, 15) is 4.79 Å². The second kappa shape index (κ2) is 11.8. The molecule has 0 amide bonds. The van der Waals surface area contributed by atoms with E-state index in [-0.39, 0.29) is 5.97 Å². The third-order valence-corrected chi connectivity index (χ3v) is 1.64. The smallest absolute Gasteiger partial charge is 0.338 e. The van der Waals surface area contributed by atoms with E-state index in [2.05, 4.69) is 0 Å². The minimum absolute atomic E-state index is 0.240. The topological polar surface area (TPSA) is 26.3 Å². The van der Waals surface area contributed by atoms with Gasteiger partial charge in [-0.25, -0.2) is 4.79 Å². The van der Waals surface area contributed by atoms with Gasteiger partial charge in [0.2, 0.25) is 0 Å². The van der Waals surface area contributed by atoms with E-state index in [1.807, 2.05) is 52.8 Å². The molecule has 92 valence electrons. The number of benzene rings is 1. The standard InChI is InChI=1S/C10H12O2.2C2H6/c1-3-12-10(11)9-7-5-4-6-8(9)2;2*1-2/h4-7H,3H2,1-2H3;2*1-2H3. The van der Waals surface area contributed by atoms with Gasteiger partial charge in [-0.15, -0.1) is 0 Å². The van der Waals surface area contributed by atoms with Crippen molar-refractivity contribution in [1.29, 1.82) is 0 Å². The lowest BCUT2D eigenvalue weighted by Gasteiger charge is -2.03. The molecule has 0 fully saturated rings. The van der Waals surface area contributed by atoms with E-state index in [1.54, 1.807) is 13.0 Å². The zero-order valence-electron chi connectivity index (χ0n) is 11.3. The number of carbonyl (C=O) groups is 1. The molecule has 0 bridgehead atoms. The lowest BCUT2D eigenvalue weighted by molar-refractivity contribution is 0.0525. The lowest BCUT2D eigenvalue weighted by atomic mass is 10.1. The van der Waals surface area contributed by atoms with Crippen molar-refractivity contribution in [2.24, 2.45) is 0 Å². The van der Waals surface area contributed by atoms with Gasteiger partial charge in [0.05, 0.1) is 12.2 Å². The molecule has 0 heterocycles. The zero-order chi connectivity index (χ0) is 13.0. The Morgan fingerprint density at radius 1 is 1.12 bits per heavy atom. The molecule has 1 aromatic rings. The Bertz CT molecular complexity index is 280. The van der Waals surface area contributed by atoms with Crippen LogP contribution in [0.25, 0.3) is 0 Å². The molecule has 0 atom stereocenters. The van der Waals surface area contributed by atoms with Crippen LogP contribution in [0.15, 0.2) is 24.3 Å². The number of carbonyl (C=O) groups excluding carboxylic acids is 1. The van der Waals surface area contributed by atoms with Gasteiger partial charge in [0.25, 0.3) is 0 Å². The Balaban J connectivity index is 0. The SMILES string of the molecule is CC.CC.CCOC(=O)c1ccccc1C. The molecule has 2 nitrogen and oxygen atoms in total. The maximum atomic E-state index is 11.2. The Hall–Kier alpha value is -1.31. The van der Waals surface area contributed by atoms with Gasteiger partial charge in [-0.3, -0.25) is 0 Å². The molecule has 0 aliphatic carbocycles. The summed E-state index contributed by atoms with van der Waals surface area (Å²) < 4.78 is 4.87. The number of hydrogen-bond donors (Lipinski definition) is 0. The first-order valence-electron chi connectivity index (χ1n) is 5.98. The summed E-state index contributed by atoms with van der Waals surface area (Å²) in [6.45, 7) is 12.1. The summed E-state index contributed by atoms with van der Waals surface area (Å²) >= 11 is 0. The Labute approximate surface area is 99.6 Å². The van der Waals surface area contributed by atoms with E-state index < -0.39 is 0 Å². The summed E-state index contributed by atoms with van der Waals surface area (Å²) in [5.74, 6) is -0.240. The average molecular weight is 224 g/mol. The van der Waals surface area contributed by atoms with E-state index in [4.69, 9.17) is 4.74 Å². The van der Waals surface area contributed by atoms with Crippen LogP contribution >= 0.6 is 0 Å². The minimum Gasteiger partial charge on any atom is -0.462 e. The fourth-order valence-corrected chi connectivity index (χ4v) is 1.01. The van der Waals surface area contributed by atoms with Crippen molar-refractivity contribution in [2.45, 2.75) is 41.5 Å². The van der Waals surface area contributed by atoms with E-state index in [0.717, 1.165) is 5.56 Å². The molecule has 0 aliphatic heterocycles. The van der Waals surface area contributed by atoms with Crippen LogP contribution in [0.5, 0.6) is 0 Å². The van der Waals surface area contributed by atoms with Gasteiger partial charge in [-0.2, -0.15) is 0 Å². The van der Waals surface area contributed by atoms with Crippen molar-refractivity contribution >= 4 is 5.97 Å². The number of ether oxygens (including phenoxy) is 1. The fourth-order valence-electron chi connectivity index (χ4n) is 1.01. The van der Waals surface area contributed by atoms with E-state index in [1.165, 1.54) is 0 Å². The quantitative estimate of drug-likeness (QED) is 0.703. The molecule has 1 aromatic carbocycles. The summed E-state index contributed by atoms with van der Waals surface area (Å²) in [5, 5.41) is 0. The van der Waals surface area contributed by atoms with Crippen LogP contribution in [0, 0.1) is 6.92 Å². The largest absolute Gasteiger partial charge is 0.462 e.